The van der Waals surface area contributed by atoms with Crippen LogP contribution in [-0.2, 0) is 13.0 Å². The molecule has 4 heteroatoms. The van der Waals surface area contributed by atoms with Crippen LogP contribution >= 0.6 is 0 Å². The fourth-order valence-corrected chi connectivity index (χ4v) is 2.89. The number of carbonyl (C=O) groups excluding carboxylic acids is 1. The fourth-order valence-electron chi connectivity index (χ4n) is 2.89. The van der Waals surface area contributed by atoms with E-state index < -0.39 is 0 Å². The fraction of sp³-hybridized carbons (Fsp3) is 0.130. The summed E-state index contributed by atoms with van der Waals surface area (Å²) in [5.41, 5.74) is 5.12. The van der Waals surface area contributed by atoms with E-state index in [9.17, 15) is 4.79 Å². The lowest BCUT2D eigenvalue weighted by Gasteiger charge is -2.12. The molecule has 0 spiro atoms. The van der Waals surface area contributed by atoms with E-state index >= 15 is 0 Å². The van der Waals surface area contributed by atoms with Crippen molar-refractivity contribution >= 4 is 17.3 Å². The molecule has 3 rings (SSSR count). The van der Waals surface area contributed by atoms with Crippen molar-refractivity contribution in [1.29, 1.82) is 5.26 Å². The average molecular weight is 355 g/mol. The number of benzene rings is 3. The van der Waals surface area contributed by atoms with Crippen LogP contribution in [0.4, 0.5) is 11.4 Å². The summed E-state index contributed by atoms with van der Waals surface area (Å²) >= 11 is 0. The van der Waals surface area contributed by atoms with E-state index in [0.29, 0.717) is 23.4 Å². The second kappa shape index (κ2) is 8.68. The van der Waals surface area contributed by atoms with Gasteiger partial charge in [-0.05, 0) is 53.9 Å². The molecule has 0 aromatic heterocycles. The molecule has 134 valence electrons. The highest BCUT2D eigenvalue weighted by molar-refractivity contribution is 6.04. The van der Waals surface area contributed by atoms with E-state index in [2.05, 4.69) is 35.8 Å². The maximum absolute atomic E-state index is 12.5. The number of amides is 1. The molecule has 0 radical (unpaired) electrons. The van der Waals surface area contributed by atoms with Gasteiger partial charge >= 0.3 is 0 Å². The Morgan fingerprint density at radius 1 is 1.00 bits per heavy atom. The van der Waals surface area contributed by atoms with Gasteiger partial charge in [0.15, 0.2) is 0 Å². The Labute approximate surface area is 159 Å². The van der Waals surface area contributed by atoms with Crippen LogP contribution in [0.25, 0.3) is 0 Å². The van der Waals surface area contributed by atoms with Gasteiger partial charge in [0.05, 0.1) is 11.6 Å². The quantitative estimate of drug-likeness (QED) is 0.655. The Balaban J connectivity index is 1.69. The number of nitrogens with one attached hydrogen (secondary N) is 2. The van der Waals surface area contributed by atoms with Crippen molar-refractivity contribution in [1.82, 2.24) is 0 Å². The van der Waals surface area contributed by atoms with Gasteiger partial charge in [-0.25, -0.2) is 0 Å². The Morgan fingerprint density at radius 2 is 1.81 bits per heavy atom. The van der Waals surface area contributed by atoms with E-state index in [-0.39, 0.29) is 5.91 Å². The molecule has 0 aliphatic rings. The second-order valence-electron chi connectivity index (χ2n) is 6.21. The Hall–Kier alpha value is -3.58. The van der Waals surface area contributed by atoms with Crippen LogP contribution in [0.1, 0.15) is 34.0 Å². The highest BCUT2D eigenvalue weighted by Gasteiger charge is 2.08. The lowest BCUT2D eigenvalue weighted by Crippen LogP contribution is -2.12. The van der Waals surface area contributed by atoms with E-state index in [1.54, 1.807) is 30.3 Å². The number of carbonyl (C=O) groups is 1. The lowest BCUT2D eigenvalue weighted by molar-refractivity contribution is 0.102. The molecule has 0 atom stereocenters. The Morgan fingerprint density at radius 3 is 2.63 bits per heavy atom. The van der Waals surface area contributed by atoms with Gasteiger partial charge in [-0.2, -0.15) is 5.26 Å². The molecule has 2 N–H and O–H groups in total. The van der Waals surface area contributed by atoms with Gasteiger partial charge in [-0.1, -0.05) is 43.3 Å². The van der Waals surface area contributed by atoms with Crippen LogP contribution in [0, 0.1) is 11.3 Å². The first-order chi connectivity index (χ1) is 13.2. The van der Waals surface area contributed by atoms with Crippen molar-refractivity contribution in [3.8, 4) is 6.07 Å². The smallest absolute Gasteiger partial charge is 0.255 e. The molecule has 1 amide bonds. The molecule has 0 saturated heterocycles. The number of nitriles is 1. The van der Waals surface area contributed by atoms with Gasteiger partial charge in [0, 0.05) is 23.5 Å². The topological polar surface area (TPSA) is 64.9 Å². The molecule has 4 nitrogen and oxygen atoms in total. The number of aryl methyl sites for hydroxylation is 1. The van der Waals surface area contributed by atoms with Crippen LogP contribution < -0.4 is 10.6 Å². The normalized spacial score (nSPS) is 10.1. The first kappa shape index (κ1) is 18.2. The Kier molecular flexibility index (Phi) is 5.86. The summed E-state index contributed by atoms with van der Waals surface area (Å²) in [4.78, 5) is 12.5. The molecular weight excluding hydrogens is 334 g/mol. The minimum atomic E-state index is -0.194. The zero-order valence-electron chi connectivity index (χ0n) is 15.2. The second-order valence-corrected chi connectivity index (χ2v) is 6.21. The molecule has 0 saturated carbocycles. The third-order valence-electron chi connectivity index (χ3n) is 4.32. The SMILES string of the molecule is CCc1ccccc1NCc1cccc(C(=O)Nc2cccc(C#N)c2)c1. The minimum absolute atomic E-state index is 0.194. The minimum Gasteiger partial charge on any atom is -0.381 e. The van der Waals surface area contributed by atoms with E-state index in [1.165, 1.54) is 5.56 Å². The molecule has 0 bridgehead atoms. The monoisotopic (exact) mass is 355 g/mol. The third kappa shape index (κ3) is 4.74. The highest BCUT2D eigenvalue weighted by atomic mass is 16.1. The summed E-state index contributed by atoms with van der Waals surface area (Å²) in [6, 6.07) is 24.7. The summed E-state index contributed by atoms with van der Waals surface area (Å²) in [7, 11) is 0. The van der Waals surface area contributed by atoms with Gasteiger partial charge in [-0.3, -0.25) is 4.79 Å². The zero-order valence-corrected chi connectivity index (χ0v) is 15.2. The van der Waals surface area contributed by atoms with Crippen LogP contribution in [-0.4, -0.2) is 5.91 Å². The van der Waals surface area contributed by atoms with Crippen molar-refractivity contribution in [2.24, 2.45) is 0 Å². The summed E-state index contributed by atoms with van der Waals surface area (Å²) in [6.45, 7) is 2.77. The van der Waals surface area contributed by atoms with Gasteiger partial charge < -0.3 is 10.6 Å². The maximum Gasteiger partial charge on any atom is 0.255 e. The summed E-state index contributed by atoms with van der Waals surface area (Å²) in [6.07, 6.45) is 0.966. The van der Waals surface area contributed by atoms with E-state index in [4.69, 9.17) is 5.26 Å². The lowest BCUT2D eigenvalue weighted by atomic mass is 10.1. The molecule has 0 unspecified atom stereocenters. The van der Waals surface area contributed by atoms with Crippen molar-refractivity contribution in [2.45, 2.75) is 19.9 Å². The maximum atomic E-state index is 12.5. The van der Waals surface area contributed by atoms with Crippen molar-refractivity contribution in [3.63, 3.8) is 0 Å². The molecular formula is C23H21N3O. The number of rotatable bonds is 6. The number of para-hydroxylation sites is 1. The first-order valence-electron chi connectivity index (χ1n) is 8.92. The predicted molar refractivity (Wildman–Crippen MR) is 109 cm³/mol. The zero-order chi connectivity index (χ0) is 19.1. The molecule has 0 heterocycles. The standard InChI is InChI=1S/C23H21N3O/c1-2-19-9-3-4-12-22(19)25-16-18-8-5-10-20(13-18)23(27)26-21-11-6-7-17(14-21)15-24/h3-14,25H,2,16H2,1H3,(H,26,27). The molecule has 0 aliphatic heterocycles. The van der Waals surface area contributed by atoms with Crippen LogP contribution in [0.15, 0.2) is 72.8 Å². The summed E-state index contributed by atoms with van der Waals surface area (Å²) < 4.78 is 0. The number of hydrogen-bond acceptors (Lipinski definition) is 3. The van der Waals surface area contributed by atoms with Gasteiger partial charge in [0.25, 0.3) is 5.91 Å². The van der Waals surface area contributed by atoms with Crippen LogP contribution in [0.3, 0.4) is 0 Å². The highest BCUT2D eigenvalue weighted by Crippen LogP contribution is 2.17. The summed E-state index contributed by atoms with van der Waals surface area (Å²) in [5.74, 6) is -0.194. The predicted octanol–water partition coefficient (Wildman–Crippen LogP) is 4.99. The van der Waals surface area contributed by atoms with Crippen LogP contribution in [0.5, 0.6) is 0 Å². The third-order valence-corrected chi connectivity index (χ3v) is 4.32. The Bertz CT molecular complexity index is 989. The first-order valence-corrected chi connectivity index (χ1v) is 8.92. The van der Waals surface area contributed by atoms with Gasteiger partial charge in [0.2, 0.25) is 0 Å². The molecule has 3 aromatic carbocycles. The van der Waals surface area contributed by atoms with Crippen molar-refractivity contribution < 1.29 is 4.79 Å². The van der Waals surface area contributed by atoms with Crippen molar-refractivity contribution in [3.05, 3.63) is 95.1 Å². The molecule has 0 aliphatic carbocycles. The molecule has 3 aromatic rings. The van der Waals surface area contributed by atoms with E-state index in [0.717, 1.165) is 17.7 Å². The number of anilines is 2. The molecule has 27 heavy (non-hydrogen) atoms. The largest absolute Gasteiger partial charge is 0.381 e. The summed E-state index contributed by atoms with van der Waals surface area (Å²) in [5, 5.41) is 15.3. The van der Waals surface area contributed by atoms with E-state index in [1.807, 2.05) is 30.3 Å². The average Bonchev–Trinajstić information content (AvgIpc) is 2.72. The number of nitrogens with zero attached hydrogens (tertiary/aromatic N) is 1. The number of hydrogen-bond donors (Lipinski definition) is 2. The van der Waals surface area contributed by atoms with Gasteiger partial charge in [-0.15, -0.1) is 0 Å². The van der Waals surface area contributed by atoms with Crippen LogP contribution in [0.2, 0.25) is 0 Å². The van der Waals surface area contributed by atoms with Gasteiger partial charge in [0.1, 0.15) is 0 Å². The molecule has 0 fully saturated rings. The van der Waals surface area contributed by atoms with Crippen molar-refractivity contribution in [2.75, 3.05) is 10.6 Å².